The number of primary amides is 1. The highest BCUT2D eigenvalue weighted by atomic mass is 19.1. The summed E-state index contributed by atoms with van der Waals surface area (Å²) in [5.41, 5.74) is 7.73. The summed E-state index contributed by atoms with van der Waals surface area (Å²) in [5, 5.41) is 0.709. The molecule has 3 aromatic rings. The van der Waals surface area contributed by atoms with Crippen LogP contribution in [0.5, 0.6) is 0 Å². The fraction of sp³-hybridized carbons (Fsp3) is 0.190. The molecule has 2 aromatic carbocycles. The summed E-state index contributed by atoms with van der Waals surface area (Å²) >= 11 is 0. The van der Waals surface area contributed by atoms with E-state index in [0.717, 1.165) is 0 Å². The van der Waals surface area contributed by atoms with Crippen LogP contribution in [0.15, 0.2) is 54.6 Å². The molecular weight excluding hydrogens is 361 g/mol. The van der Waals surface area contributed by atoms with Crippen molar-refractivity contribution in [3.05, 3.63) is 66.0 Å². The maximum atomic E-state index is 13.3. The normalized spacial score (nSPS) is 16.9. The SMILES string of the molecule is NC(=O)C1CN(C(=O)c2cc(-c3ccc(F)cc3)nc3ccccc23)CCO1. The summed E-state index contributed by atoms with van der Waals surface area (Å²) in [6.07, 6.45) is -0.817. The summed E-state index contributed by atoms with van der Waals surface area (Å²) in [4.78, 5) is 30.9. The van der Waals surface area contributed by atoms with Gasteiger partial charge in [0.25, 0.3) is 5.91 Å². The number of carbonyl (C=O) groups excluding carboxylic acids is 2. The van der Waals surface area contributed by atoms with Gasteiger partial charge in [0.05, 0.1) is 29.9 Å². The van der Waals surface area contributed by atoms with E-state index in [0.29, 0.717) is 34.3 Å². The number of carbonyl (C=O) groups is 2. The highest BCUT2D eigenvalue weighted by Crippen LogP contribution is 2.26. The number of fused-ring (bicyclic) bond motifs is 1. The predicted molar refractivity (Wildman–Crippen MR) is 102 cm³/mol. The molecule has 0 bridgehead atoms. The average Bonchev–Trinajstić information content (AvgIpc) is 2.73. The second-order valence-electron chi connectivity index (χ2n) is 6.59. The molecule has 0 spiro atoms. The molecule has 1 fully saturated rings. The summed E-state index contributed by atoms with van der Waals surface area (Å²) in [5.74, 6) is -1.16. The molecule has 142 valence electrons. The Morgan fingerprint density at radius 1 is 1.14 bits per heavy atom. The number of morpholine rings is 1. The van der Waals surface area contributed by atoms with Gasteiger partial charge in [-0.2, -0.15) is 0 Å². The lowest BCUT2D eigenvalue weighted by Crippen LogP contribution is -2.50. The van der Waals surface area contributed by atoms with Crippen molar-refractivity contribution < 1.29 is 18.7 Å². The van der Waals surface area contributed by atoms with E-state index in [9.17, 15) is 14.0 Å². The maximum Gasteiger partial charge on any atom is 0.254 e. The molecule has 0 radical (unpaired) electrons. The zero-order valence-electron chi connectivity index (χ0n) is 15.0. The lowest BCUT2D eigenvalue weighted by Gasteiger charge is -2.31. The minimum Gasteiger partial charge on any atom is -0.367 e. The third kappa shape index (κ3) is 3.44. The van der Waals surface area contributed by atoms with Crippen LogP contribution in [-0.2, 0) is 9.53 Å². The minimum absolute atomic E-state index is 0.108. The standard InChI is InChI=1S/C21H18FN3O3/c22-14-7-5-13(6-8-14)18-11-16(15-3-1-2-4-17(15)24-18)21(27)25-9-10-28-19(12-25)20(23)26/h1-8,11,19H,9-10,12H2,(H2,23,26). The number of benzene rings is 2. The number of ether oxygens (including phenoxy) is 1. The van der Waals surface area contributed by atoms with E-state index in [4.69, 9.17) is 10.5 Å². The van der Waals surface area contributed by atoms with Gasteiger partial charge in [-0.25, -0.2) is 9.37 Å². The van der Waals surface area contributed by atoms with E-state index >= 15 is 0 Å². The van der Waals surface area contributed by atoms with Gasteiger partial charge in [-0.1, -0.05) is 18.2 Å². The Morgan fingerprint density at radius 2 is 1.89 bits per heavy atom. The fourth-order valence-corrected chi connectivity index (χ4v) is 3.30. The van der Waals surface area contributed by atoms with E-state index in [-0.39, 0.29) is 24.9 Å². The van der Waals surface area contributed by atoms with Gasteiger partial charge in [0.2, 0.25) is 5.91 Å². The molecule has 1 unspecified atom stereocenters. The first-order chi connectivity index (χ1) is 13.5. The van der Waals surface area contributed by atoms with Gasteiger partial charge in [0.1, 0.15) is 5.82 Å². The highest BCUT2D eigenvalue weighted by molar-refractivity contribution is 6.07. The van der Waals surface area contributed by atoms with E-state index in [1.807, 2.05) is 24.3 Å². The van der Waals surface area contributed by atoms with Crippen LogP contribution in [0.1, 0.15) is 10.4 Å². The molecular formula is C21H18FN3O3. The number of pyridine rings is 1. The van der Waals surface area contributed by atoms with Crippen LogP contribution < -0.4 is 5.73 Å². The van der Waals surface area contributed by atoms with Crippen LogP contribution in [-0.4, -0.2) is 47.5 Å². The van der Waals surface area contributed by atoms with Crippen LogP contribution in [0.3, 0.4) is 0 Å². The Balaban J connectivity index is 1.77. The van der Waals surface area contributed by atoms with Gasteiger partial charge in [0, 0.05) is 17.5 Å². The quantitative estimate of drug-likeness (QED) is 0.757. The number of para-hydroxylation sites is 1. The highest BCUT2D eigenvalue weighted by Gasteiger charge is 2.29. The number of halogens is 1. The van der Waals surface area contributed by atoms with E-state index in [1.54, 1.807) is 23.1 Å². The molecule has 2 amide bonds. The monoisotopic (exact) mass is 379 g/mol. The molecule has 1 aliphatic heterocycles. The van der Waals surface area contributed by atoms with Crippen molar-refractivity contribution in [1.82, 2.24) is 9.88 Å². The van der Waals surface area contributed by atoms with Crippen molar-refractivity contribution in [2.24, 2.45) is 5.73 Å². The molecule has 4 rings (SSSR count). The van der Waals surface area contributed by atoms with Gasteiger partial charge >= 0.3 is 0 Å². The van der Waals surface area contributed by atoms with Crippen LogP contribution in [0, 0.1) is 5.82 Å². The second-order valence-corrected chi connectivity index (χ2v) is 6.59. The average molecular weight is 379 g/mol. The van der Waals surface area contributed by atoms with Crippen LogP contribution in [0.2, 0.25) is 0 Å². The number of amides is 2. The van der Waals surface area contributed by atoms with Gasteiger partial charge in [-0.3, -0.25) is 9.59 Å². The third-order valence-corrected chi connectivity index (χ3v) is 4.76. The molecule has 0 aliphatic carbocycles. The van der Waals surface area contributed by atoms with Crippen molar-refractivity contribution in [1.29, 1.82) is 0 Å². The third-order valence-electron chi connectivity index (χ3n) is 4.76. The van der Waals surface area contributed by atoms with E-state index in [1.165, 1.54) is 12.1 Å². The summed E-state index contributed by atoms with van der Waals surface area (Å²) < 4.78 is 18.6. The van der Waals surface area contributed by atoms with Gasteiger partial charge in [-0.15, -0.1) is 0 Å². The number of hydrogen-bond acceptors (Lipinski definition) is 4. The Bertz CT molecular complexity index is 1050. The first-order valence-corrected chi connectivity index (χ1v) is 8.89. The number of hydrogen-bond donors (Lipinski definition) is 1. The zero-order valence-corrected chi connectivity index (χ0v) is 15.0. The first kappa shape index (κ1) is 18.1. The Labute approximate surface area is 160 Å². The number of nitrogens with two attached hydrogens (primary N) is 1. The maximum absolute atomic E-state index is 13.3. The van der Waals surface area contributed by atoms with Crippen LogP contribution in [0.25, 0.3) is 22.2 Å². The fourth-order valence-electron chi connectivity index (χ4n) is 3.30. The van der Waals surface area contributed by atoms with Gasteiger partial charge in [-0.05, 0) is 36.4 Å². The lowest BCUT2D eigenvalue weighted by atomic mass is 10.0. The van der Waals surface area contributed by atoms with Crippen molar-refractivity contribution in [2.45, 2.75) is 6.10 Å². The number of aromatic nitrogens is 1. The van der Waals surface area contributed by atoms with Gasteiger partial charge in [0.15, 0.2) is 6.10 Å². The van der Waals surface area contributed by atoms with Crippen LogP contribution >= 0.6 is 0 Å². The Kier molecular flexibility index (Phi) is 4.75. The molecule has 1 aliphatic rings. The summed E-state index contributed by atoms with van der Waals surface area (Å²) in [6.45, 7) is 0.717. The van der Waals surface area contributed by atoms with Crippen molar-refractivity contribution in [3.63, 3.8) is 0 Å². The molecule has 6 nitrogen and oxygen atoms in total. The second kappa shape index (κ2) is 7.36. The first-order valence-electron chi connectivity index (χ1n) is 8.89. The predicted octanol–water partition coefficient (Wildman–Crippen LogP) is 2.37. The minimum atomic E-state index is -0.817. The largest absolute Gasteiger partial charge is 0.367 e. The summed E-state index contributed by atoms with van der Waals surface area (Å²) in [6, 6.07) is 15.0. The van der Waals surface area contributed by atoms with E-state index in [2.05, 4.69) is 4.98 Å². The molecule has 7 heteroatoms. The lowest BCUT2D eigenvalue weighted by molar-refractivity contribution is -0.133. The molecule has 0 saturated carbocycles. The molecule has 1 atom stereocenters. The topological polar surface area (TPSA) is 85.5 Å². The molecule has 28 heavy (non-hydrogen) atoms. The molecule has 2 heterocycles. The Hall–Kier alpha value is -3.32. The van der Waals surface area contributed by atoms with Crippen molar-refractivity contribution in [3.8, 4) is 11.3 Å². The van der Waals surface area contributed by atoms with Crippen LogP contribution in [0.4, 0.5) is 4.39 Å². The van der Waals surface area contributed by atoms with E-state index < -0.39 is 12.0 Å². The molecule has 1 aromatic heterocycles. The van der Waals surface area contributed by atoms with Gasteiger partial charge < -0.3 is 15.4 Å². The Morgan fingerprint density at radius 3 is 2.64 bits per heavy atom. The zero-order chi connectivity index (χ0) is 19.7. The van der Waals surface area contributed by atoms with Crippen molar-refractivity contribution >= 4 is 22.7 Å². The smallest absolute Gasteiger partial charge is 0.254 e. The molecule has 1 saturated heterocycles. The number of nitrogens with zero attached hydrogens (tertiary/aromatic N) is 2. The summed E-state index contributed by atoms with van der Waals surface area (Å²) in [7, 11) is 0. The molecule has 2 N–H and O–H groups in total. The number of rotatable bonds is 3. The van der Waals surface area contributed by atoms with Crippen molar-refractivity contribution in [2.75, 3.05) is 19.7 Å².